The SMILES string of the molecule is CC(C)Oc1nccc2c1C(c1ccccc1C(F)(F)F)C(C(=O)O)=C(C#N)N2. The summed E-state index contributed by atoms with van der Waals surface area (Å²) in [5.41, 5.74) is -1.73. The van der Waals surface area contributed by atoms with Gasteiger partial charge in [-0.1, -0.05) is 18.2 Å². The Morgan fingerprint density at radius 1 is 1.31 bits per heavy atom. The number of aromatic nitrogens is 1. The van der Waals surface area contributed by atoms with Gasteiger partial charge >= 0.3 is 12.1 Å². The van der Waals surface area contributed by atoms with Crippen LogP contribution in [0.25, 0.3) is 0 Å². The van der Waals surface area contributed by atoms with Crippen molar-refractivity contribution in [1.29, 1.82) is 5.26 Å². The number of pyridine rings is 1. The van der Waals surface area contributed by atoms with Crippen LogP contribution >= 0.6 is 0 Å². The van der Waals surface area contributed by atoms with Crippen molar-refractivity contribution >= 4 is 11.7 Å². The van der Waals surface area contributed by atoms with Crippen LogP contribution in [0.1, 0.15) is 36.5 Å². The number of allylic oxidation sites excluding steroid dienone is 1. The molecule has 1 aromatic carbocycles. The Balaban J connectivity index is 2.39. The van der Waals surface area contributed by atoms with Crippen LogP contribution in [0.5, 0.6) is 5.88 Å². The number of carboxylic acids is 1. The molecular weight excluding hydrogens is 387 g/mol. The predicted octanol–water partition coefficient (Wildman–Crippen LogP) is 4.31. The standard InChI is InChI=1S/C20H16F3N3O3/c1-10(2)29-18-16-13(7-8-25-18)26-14(9-24)17(19(27)28)15(16)11-5-3-4-6-12(11)20(21,22)23/h3-8,10,15,26H,1-2H3,(H,27,28). The molecule has 0 radical (unpaired) electrons. The lowest BCUT2D eigenvalue weighted by Crippen LogP contribution is -2.26. The molecule has 0 fully saturated rings. The van der Waals surface area contributed by atoms with Gasteiger partial charge < -0.3 is 15.2 Å². The van der Waals surface area contributed by atoms with E-state index in [0.29, 0.717) is 0 Å². The molecule has 29 heavy (non-hydrogen) atoms. The fourth-order valence-corrected chi connectivity index (χ4v) is 3.29. The van der Waals surface area contributed by atoms with E-state index >= 15 is 0 Å². The maximum atomic E-state index is 13.7. The van der Waals surface area contributed by atoms with Gasteiger partial charge in [0.15, 0.2) is 0 Å². The first-order valence-corrected chi connectivity index (χ1v) is 8.61. The van der Waals surface area contributed by atoms with E-state index in [0.717, 1.165) is 6.07 Å². The molecule has 2 aromatic rings. The van der Waals surface area contributed by atoms with Gasteiger partial charge in [0.25, 0.3) is 0 Å². The predicted molar refractivity (Wildman–Crippen MR) is 97.2 cm³/mol. The summed E-state index contributed by atoms with van der Waals surface area (Å²) in [5, 5.41) is 21.9. The molecule has 150 valence electrons. The molecule has 6 nitrogen and oxygen atoms in total. The number of rotatable bonds is 4. The summed E-state index contributed by atoms with van der Waals surface area (Å²) in [6.07, 6.45) is -3.71. The van der Waals surface area contributed by atoms with E-state index in [1.807, 2.05) is 0 Å². The first kappa shape index (κ1) is 20.2. The second-order valence-corrected chi connectivity index (χ2v) is 6.59. The third-order valence-corrected chi connectivity index (χ3v) is 4.33. The zero-order valence-electron chi connectivity index (χ0n) is 15.4. The van der Waals surface area contributed by atoms with E-state index in [-0.39, 0.29) is 34.5 Å². The number of aliphatic carboxylic acids is 1. The Morgan fingerprint density at radius 2 is 2.00 bits per heavy atom. The number of alkyl halides is 3. The second-order valence-electron chi connectivity index (χ2n) is 6.59. The Hall–Kier alpha value is -3.54. The van der Waals surface area contributed by atoms with Gasteiger partial charge in [0, 0.05) is 6.20 Å². The number of fused-ring (bicyclic) bond motifs is 1. The van der Waals surface area contributed by atoms with Crippen molar-refractivity contribution < 1.29 is 27.8 Å². The van der Waals surface area contributed by atoms with Crippen molar-refractivity contribution in [2.24, 2.45) is 0 Å². The Labute approximate surface area is 164 Å². The molecule has 0 spiro atoms. The summed E-state index contributed by atoms with van der Waals surface area (Å²) >= 11 is 0. The van der Waals surface area contributed by atoms with E-state index in [1.165, 1.54) is 30.5 Å². The molecule has 1 unspecified atom stereocenters. The number of ether oxygens (including phenoxy) is 1. The topological polar surface area (TPSA) is 95.2 Å². The third-order valence-electron chi connectivity index (χ3n) is 4.33. The largest absolute Gasteiger partial charge is 0.478 e. The lowest BCUT2D eigenvalue weighted by molar-refractivity contribution is -0.139. The molecule has 2 N–H and O–H groups in total. The van der Waals surface area contributed by atoms with Crippen molar-refractivity contribution in [2.45, 2.75) is 32.0 Å². The second kappa shape index (κ2) is 7.47. The molecule has 0 aliphatic carbocycles. The molecule has 1 atom stereocenters. The zero-order valence-corrected chi connectivity index (χ0v) is 15.4. The molecule has 1 aliphatic rings. The van der Waals surface area contributed by atoms with Crippen molar-refractivity contribution in [2.75, 3.05) is 5.32 Å². The summed E-state index contributed by atoms with van der Waals surface area (Å²) in [5.74, 6) is -2.91. The highest BCUT2D eigenvalue weighted by Crippen LogP contribution is 2.48. The van der Waals surface area contributed by atoms with Crippen molar-refractivity contribution in [3.05, 3.63) is 64.5 Å². The van der Waals surface area contributed by atoms with Gasteiger partial charge in [-0.05, 0) is 31.5 Å². The first-order valence-electron chi connectivity index (χ1n) is 8.61. The average Bonchev–Trinajstić information content (AvgIpc) is 2.65. The van der Waals surface area contributed by atoms with Crippen LogP contribution in [0.15, 0.2) is 47.8 Å². The molecular formula is C20H16F3N3O3. The normalized spacial score (nSPS) is 16.1. The molecule has 0 amide bonds. The fraction of sp³-hybridized carbons (Fsp3) is 0.250. The number of anilines is 1. The van der Waals surface area contributed by atoms with Gasteiger partial charge in [-0.3, -0.25) is 0 Å². The van der Waals surface area contributed by atoms with E-state index < -0.39 is 29.2 Å². The average molecular weight is 403 g/mol. The maximum Gasteiger partial charge on any atom is 0.416 e. The van der Waals surface area contributed by atoms with Gasteiger partial charge in [0.1, 0.15) is 11.8 Å². The molecule has 0 saturated carbocycles. The molecule has 9 heteroatoms. The summed E-state index contributed by atoms with van der Waals surface area (Å²) in [4.78, 5) is 16.1. The monoisotopic (exact) mass is 403 g/mol. The van der Waals surface area contributed by atoms with Crippen molar-refractivity contribution in [3.63, 3.8) is 0 Å². The molecule has 2 heterocycles. The van der Waals surface area contributed by atoms with E-state index in [1.54, 1.807) is 19.9 Å². The number of hydrogen-bond donors (Lipinski definition) is 2. The van der Waals surface area contributed by atoms with Crippen LogP contribution in [-0.4, -0.2) is 22.2 Å². The highest BCUT2D eigenvalue weighted by molar-refractivity contribution is 5.95. The summed E-state index contributed by atoms with van der Waals surface area (Å²) in [6, 6.07) is 7.88. The smallest absolute Gasteiger partial charge is 0.416 e. The van der Waals surface area contributed by atoms with Crippen LogP contribution < -0.4 is 10.1 Å². The quantitative estimate of drug-likeness (QED) is 0.790. The van der Waals surface area contributed by atoms with Crippen molar-refractivity contribution in [3.8, 4) is 11.9 Å². The minimum atomic E-state index is -4.72. The lowest BCUT2D eigenvalue weighted by atomic mass is 9.79. The molecule has 0 saturated heterocycles. The molecule has 1 aliphatic heterocycles. The van der Waals surface area contributed by atoms with Gasteiger partial charge in [-0.15, -0.1) is 0 Å². The van der Waals surface area contributed by atoms with Gasteiger partial charge in [-0.25, -0.2) is 9.78 Å². The Bertz CT molecular complexity index is 1040. The Morgan fingerprint density at radius 3 is 2.59 bits per heavy atom. The van der Waals surface area contributed by atoms with Gasteiger partial charge in [-0.2, -0.15) is 18.4 Å². The third kappa shape index (κ3) is 3.74. The number of carboxylic acid groups (broad SMARTS) is 1. The van der Waals surface area contributed by atoms with E-state index in [2.05, 4.69) is 10.3 Å². The number of nitriles is 1. The Kier molecular flexibility index (Phi) is 5.20. The minimum Gasteiger partial charge on any atom is -0.478 e. The number of carbonyl (C=O) groups is 1. The van der Waals surface area contributed by atoms with Gasteiger partial charge in [0.2, 0.25) is 5.88 Å². The highest BCUT2D eigenvalue weighted by Gasteiger charge is 2.42. The van der Waals surface area contributed by atoms with Gasteiger partial charge in [0.05, 0.1) is 34.4 Å². The van der Waals surface area contributed by atoms with Crippen LogP contribution in [0.3, 0.4) is 0 Å². The fourth-order valence-electron chi connectivity index (χ4n) is 3.29. The van der Waals surface area contributed by atoms with Crippen LogP contribution in [0.2, 0.25) is 0 Å². The first-order chi connectivity index (χ1) is 13.6. The van der Waals surface area contributed by atoms with E-state index in [4.69, 9.17) is 4.74 Å². The summed E-state index contributed by atoms with van der Waals surface area (Å²) < 4.78 is 46.8. The van der Waals surface area contributed by atoms with Crippen molar-refractivity contribution in [1.82, 2.24) is 4.98 Å². The lowest BCUT2D eigenvalue weighted by Gasteiger charge is -2.31. The maximum absolute atomic E-state index is 13.7. The van der Waals surface area contributed by atoms with Crippen LogP contribution in [0, 0.1) is 11.3 Å². The highest BCUT2D eigenvalue weighted by atomic mass is 19.4. The molecule has 3 rings (SSSR count). The number of halogens is 3. The summed E-state index contributed by atoms with van der Waals surface area (Å²) in [6.45, 7) is 3.43. The summed E-state index contributed by atoms with van der Waals surface area (Å²) in [7, 11) is 0. The zero-order chi connectivity index (χ0) is 21.3. The molecule has 1 aromatic heterocycles. The number of nitrogens with zero attached hydrogens (tertiary/aromatic N) is 2. The number of nitrogens with one attached hydrogen (secondary N) is 1. The minimum absolute atomic E-state index is 0.00252. The molecule has 0 bridgehead atoms. The number of benzene rings is 1. The van der Waals surface area contributed by atoms with Crippen LogP contribution in [-0.2, 0) is 11.0 Å². The van der Waals surface area contributed by atoms with Crippen LogP contribution in [0.4, 0.5) is 18.9 Å². The van der Waals surface area contributed by atoms with E-state index in [9.17, 15) is 28.3 Å². The number of hydrogen-bond acceptors (Lipinski definition) is 5.